The van der Waals surface area contributed by atoms with E-state index in [2.05, 4.69) is 41.7 Å². The van der Waals surface area contributed by atoms with Gasteiger partial charge < -0.3 is 15.8 Å². The van der Waals surface area contributed by atoms with E-state index in [0.29, 0.717) is 36.9 Å². The van der Waals surface area contributed by atoms with E-state index in [1.54, 1.807) is 12.7 Å². The monoisotopic (exact) mass is 424 g/mol. The molecule has 0 spiro atoms. The summed E-state index contributed by atoms with van der Waals surface area (Å²) in [7, 11) is 1.77. The second-order valence-electron chi connectivity index (χ2n) is 10.2. The highest BCUT2D eigenvalue weighted by molar-refractivity contribution is 5.76. The Morgan fingerprint density at radius 1 is 1.16 bits per heavy atom. The standard InChI is InChI=1S/C27H40N2O2/c1-31-17-15-25-20-6-5-16-27(18-20,22-7-3-2-4-8-22)19-21(25)9-14-26(30)29-24-12-10-23(28)11-13-24/h2-4,7-8,15,20-21,23-24H,5-6,9-14,16-19,28H2,1H3,(H,29,30)/b25-15+/t20?,21?,23-,24-,27?. The van der Waals surface area contributed by atoms with E-state index >= 15 is 0 Å². The van der Waals surface area contributed by atoms with Crippen LogP contribution < -0.4 is 11.1 Å². The summed E-state index contributed by atoms with van der Waals surface area (Å²) in [5.41, 5.74) is 9.35. The number of methoxy groups -OCH3 is 1. The number of amides is 1. The Kier molecular flexibility index (Phi) is 7.50. The van der Waals surface area contributed by atoms with Gasteiger partial charge in [0.25, 0.3) is 0 Å². The van der Waals surface area contributed by atoms with Crippen LogP contribution in [0.5, 0.6) is 0 Å². The van der Waals surface area contributed by atoms with Crippen molar-refractivity contribution in [3.05, 3.63) is 47.5 Å². The average Bonchev–Trinajstić information content (AvgIpc) is 2.79. The molecule has 3 N–H and O–H groups in total. The maximum atomic E-state index is 12.8. The highest BCUT2D eigenvalue weighted by Gasteiger charge is 2.46. The maximum Gasteiger partial charge on any atom is 0.220 e. The van der Waals surface area contributed by atoms with Crippen molar-refractivity contribution in [3.63, 3.8) is 0 Å². The normalized spacial score (nSPS) is 34.5. The van der Waals surface area contributed by atoms with E-state index in [-0.39, 0.29) is 11.3 Å². The minimum atomic E-state index is 0.219. The van der Waals surface area contributed by atoms with Gasteiger partial charge in [0.15, 0.2) is 0 Å². The number of benzene rings is 1. The molecule has 0 heterocycles. The number of hydrogen-bond acceptors (Lipinski definition) is 3. The van der Waals surface area contributed by atoms with E-state index in [0.717, 1.165) is 38.5 Å². The third-order valence-electron chi connectivity index (χ3n) is 8.15. The maximum absolute atomic E-state index is 12.8. The lowest BCUT2D eigenvalue weighted by molar-refractivity contribution is -0.122. The van der Waals surface area contributed by atoms with Gasteiger partial charge in [-0.05, 0) is 80.6 Å². The third-order valence-corrected chi connectivity index (χ3v) is 8.15. The Morgan fingerprint density at radius 2 is 1.94 bits per heavy atom. The Bertz CT molecular complexity index is 754. The van der Waals surface area contributed by atoms with Gasteiger partial charge in [-0.3, -0.25) is 4.79 Å². The molecule has 2 bridgehead atoms. The zero-order chi connectivity index (χ0) is 21.7. The van der Waals surface area contributed by atoms with Crippen LogP contribution in [0.1, 0.15) is 76.2 Å². The molecule has 0 saturated heterocycles. The molecule has 1 amide bonds. The van der Waals surface area contributed by atoms with Crippen molar-refractivity contribution in [2.75, 3.05) is 13.7 Å². The fraction of sp³-hybridized carbons (Fsp3) is 0.667. The average molecular weight is 425 g/mol. The summed E-state index contributed by atoms with van der Waals surface area (Å²) in [6.07, 6.45) is 14.2. The van der Waals surface area contributed by atoms with E-state index in [4.69, 9.17) is 10.5 Å². The van der Waals surface area contributed by atoms with E-state index < -0.39 is 0 Å². The Balaban J connectivity index is 1.45. The van der Waals surface area contributed by atoms with Crippen LogP contribution in [0.3, 0.4) is 0 Å². The first-order chi connectivity index (χ1) is 15.1. The smallest absolute Gasteiger partial charge is 0.220 e. The lowest BCUT2D eigenvalue weighted by Crippen LogP contribution is -2.43. The molecule has 1 aromatic carbocycles. The number of nitrogens with two attached hydrogens (primary N) is 1. The lowest BCUT2D eigenvalue weighted by atomic mass is 9.54. The molecule has 0 radical (unpaired) electrons. The minimum absolute atomic E-state index is 0.219. The van der Waals surface area contributed by atoms with Crippen LogP contribution >= 0.6 is 0 Å². The van der Waals surface area contributed by atoms with Gasteiger partial charge in [-0.2, -0.15) is 0 Å². The Labute approximate surface area is 188 Å². The first-order valence-corrected chi connectivity index (χ1v) is 12.4. The zero-order valence-electron chi connectivity index (χ0n) is 19.2. The number of hydrogen-bond donors (Lipinski definition) is 2. The van der Waals surface area contributed by atoms with Crippen LogP contribution in [0.25, 0.3) is 0 Å². The number of fused-ring (bicyclic) bond motifs is 2. The van der Waals surface area contributed by atoms with Crippen molar-refractivity contribution >= 4 is 5.91 Å². The summed E-state index contributed by atoms with van der Waals surface area (Å²) in [6.45, 7) is 0.676. The predicted molar refractivity (Wildman–Crippen MR) is 126 cm³/mol. The van der Waals surface area contributed by atoms with Crippen LogP contribution in [0.2, 0.25) is 0 Å². The van der Waals surface area contributed by atoms with E-state index in [1.165, 1.54) is 31.2 Å². The van der Waals surface area contributed by atoms with Gasteiger partial charge in [0.2, 0.25) is 5.91 Å². The van der Waals surface area contributed by atoms with Crippen molar-refractivity contribution in [3.8, 4) is 0 Å². The molecule has 3 aliphatic carbocycles. The fourth-order valence-electron chi connectivity index (χ4n) is 6.58. The summed E-state index contributed by atoms with van der Waals surface area (Å²) in [6, 6.07) is 11.8. The van der Waals surface area contributed by atoms with Crippen molar-refractivity contribution in [2.45, 2.75) is 88.1 Å². The molecule has 0 aliphatic heterocycles. The van der Waals surface area contributed by atoms with Gasteiger partial charge in [0, 0.05) is 25.6 Å². The Hall–Kier alpha value is -1.65. The van der Waals surface area contributed by atoms with Crippen molar-refractivity contribution in [2.24, 2.45) is 17.6 Å². The summed E-state index contributed by atoms with van der Waals surface area (Å²) in [4.78, 5) is 12.8. The molecule has 31 heavy (non-hydrogen) atoms. The number of ether oxygens (including phenoxy) is 1. The van der Waals surface area contributed by atoms with Crippen molar-refractivity contribution in [1.82, 2.24) is 5.32 Å². The number of rotatable bonds is 7. The first-order valence-electron chi connectivity index (χ1n) is 12.4. The topological polar surface area (TPSA) is 64.3 Å². The molecule has 4 rings (SSSR count). The summed E-state index contributed by atoms with van der Waals surface area (Å²) in [5.74, 6) is 1.32. The van der Waals surface area contributed by atoms with E-state index in [9.17, 15) is 4.79 Å². The SMILES string of the molecule is COC/C=C1\C2CCCC(c3ccccc3)(C2)CC1CCC(=O)N[C@H]1CC[C@H](N)CC1. The predicted octanol–water partition coefficient (Wildman–Crippen LogP) is 4.87. The molecule has 4 heteroatoms. The van der Waals surface area contributed by atoms with Gasteiger partial charge >= 0.3 is 0 Å². The quantitative estimate of drug-likeness (QED) is 0.614. The molecular weight excluding hydrogens is 384 g/mol. The lowest BCUT2D eigenvalue weighted by Gasteiger charge is -2.50. The molecule has 3 unspecified atom stereocenters. The van der Waals surface area contributed by atoms with Gasteiger partial charge in [0.1, 0.15) is 0 Å². The van der Waals surface area contributed by atoms with Gasteiger partial charge in [0.05, 0.1) is 6.61 Å². The molecule has 3 atom stereocenters. The highest BCUT2D eigenvalue weighted by Crippen LogP contribution is 2.55. The van der Waals surface area contributed by atoms with Gasteiger partial charge in [-0.1, -0.05) is 48.4 Å². The van der Waals surface area contributed by atoms with Gasteiger partial charge in [-0.15, -0.1) is 0 Å². The van der Waals surface area contributed by atoms with Crippen molar-refractivity contribution < 1.29 is 9.53 Å². The second kappa shape index (κ2) is 10.3. The summed E-state index contributed by atoms with van der Waals surface area (Å²) in [5, 5.41) is 3.29. The number of allylic oxidation sites excluding steroid dienone is 1. The molecule has 1 aromatic rings. The minimum Gasteiger partial charge on any atom is -0.381 e. The highest BCUT2D eigenvalue weighted by atomic mass is 16.5. The van der Waals surface area contributed by atoms with Crippen LogP contribution in [-0.2, 0) is 14.9 Å². The molecule has 3 aliphatic rings. The molecular formula is C27H40N2O2. The van der Waals surface area contributed by atoms with Crippen LogP contribution in [0.15, 0.2) is 42.0 Å². The summed E-state index contributed by atoms with van der Waals surface area (Å²) >= 11 is 0. The second-order valence-corrected chi connectivity index (χ2v) is 10.2. The first kappa shape index (κ1) is 22.5. The molecule has 3 fully saturated rings. The molecule has 170 valence electrons. The van der Waals surface area contributed by atoms with Gasteiger partial charge in [-0.25, -0.2) is 0 Å². The van der Waals surface area contributed by atoms with E-state index in [1.807, 2.05) is 0 Å². The van der Waals surface area contributed by atoms with Crippen LogP contribution in [0, 0.1) is 11.8 Å². The zero-order valence-corrected chi connectivity index (χ0v) is 19.2. The summed E-state index contributed by atoms with van der Waals surface area (Å²) < 4.78 is 5.41. The van der Waals surface area contributed by atoms with Crippen LogP contribution in [0.4, 0.5) is 0 Å². The molecule has 3 saturated carbocycles. The molecule has 0 aromatic heterocycles. The number of nitrogens with one attached hydrogen (secondary N) is 1. The largest absolute Gasteiger partial charge is 0.381 e. The number of carbonyl (C=O) groups is 1. The number of carbonyl (C=O) groups excluding carboxylic acids is 1. The third kappa shape index (κ3) is 5.40. The fourth-order valence-corrected chi connectivity index (χ4v) is 6.58. The van der Waals surface area contributed by atoms with Crippen LogP contribution in [-0.4, -0.2) is 31.7 Å². The van der Waals surface area contributed by atoms with Crippen molar-refractivity contribution in [1.29, 1.82) is 0 Å². The molecule has 4 nitrogen and oxygen atoms in total. The Morgan fingerprint density at radius 3 is 2.68 bits per heavy atom.